The first kappa shape index (κ1) is 11.8. The molecule has 1 aliphatic rings. The van der Waals surface area contributed by atoms with Gasteiger partial charge < -0.3 is 9.84 Å². The lowest BCUT2D eigenvalue weighted by Crippen LogP contribution is -2.27. The lowest BCUT2D eigenvalue weighted by Gasteiger charge is -2.30. The van der Waals surface area contributed by atoms with Crippen LogP contribution < -0.4 is 0 Å². The van der Waals surface area contributed by atoms with Crippen molar-refractivity contribution in [2.75, 3.05) is 6.61 Å². The van der Waals surface area contributed by atoms with Crippen LogP contribution in [0.2, 0.25) is 0 Å². The third-order valence-electron chi connectivity index (χ3n) is 2.48. The Kier molecular flexibility index (Phi) is 3.88. The molecule has 15 heavy (non-hydrogen) atoms. The van der Waals surface area contributed by atoms with E-state index in [1.165, 1.54) is 6.08 Å². The number of rotatable bonds is 4. The second-order valence-corrected chi connectivity index (χ2v) is 3.82. The van der Waals surface area contributed by atoms with Crippen molar-refractivity contribution in [3.8, 4) is 0 Å². The highest BCUT2D eigenvalue weighted by Gasteiger charge is 2.31. The number of halogens is 1. The summed E-state index contributed by atoms with van der Waals surface area (Å²) in [5.41, 5.74) is -0.494. The third-order valence-corrected chi connectivity index (χ3v) is 2.48. The summed E-state index contributed by atoms with van der Waals surface area (Å²) in [6, 6.07) is 0. The van der Waals surface area contributed by atoms with Crippen LogP contribution in [-0.2, 0) is 4.74 Å². The maximum atomic E-state index is 13.1. The molecule has 1 rings (SSSR count). The molecule has 84 valence electrons. The zero-order chi connectivity index (χ0) is 11.3. The molecule has 0 spiro atoms. The number of carboxylic acid groups (broad SMARTS) is 1. The van der Waals surface area contributed by atoms with Crippen LogP contribution in [0.5, 0.6) is 0 Å². The number of hydrogen-bond acceptors (Lipinski definition) is 2. The van der Waals surface area contributed by atoms with E-state index in [0.717, 1.165) is 12.8 Å². The molecule has 0 fully saturated rings. The second-order valence-electron chi connectivity index (χ2n) is 3.82. The summed E-state index contributed by atoms with van der Waals surface area (Å²) >= 11 is 0. The van der Waals surface area contributed by atoms with Crippen LogP contribution in [0, 0.1) is 5.41 Å². The minimum absolute atomic E-state index is 0.0218. The zero-order valence-corrected chi connectivity index (χ0v) is 8.70. The van der Waals surface area contributed by atoms with Crippen molar-refractivity contribution in [2.24, 2.45) is 5.41 Å². The predicted octanol–water partition coefficient (Wildman–Crippen LogP) is 3.28. The molecule has 3 nitrogen and oxygen atoms in total. The van der Waals surface area contributed by atoms with Crippen LogP contribution >= 0.6 is 0 Å². The highest BCUT2D eigenvalue weighted by molar-refractivity contribution is 5.56. The third kappa shape index (κ3) is 3.38. The molecule has 0 aromatic heterocycles. The molecule has 1 N–H and O–H groups in total. The molecule has 0 aromatic rings. The van der Waals surface area contributed by atoms with E-state index < -0.39 is 11.6 Å². The van der Waals surface area contributed by atoms with E-state index in [-0.39, 0.29) is 18.9 Å². The number of ether oxygens (including phenoxy) is 1. The number of allylic oxidation sites excluding steroid dienone is 3. The molecule has 0 saturated carbocycles. The van der Waals surface area contributed by atoms with Crippen LogP contribution in [-0.4, -0.2) is 17.9 Å². The van der Waals surface area contributed by atoms with E-state index >= 15 is 0 Å². The monoisotopic (exact) mass is 214 g/mol. The Labute approximate surface area is 88.2 Å². The minimum Gasteiger partial charge on any atom is -0.450 e. The fourth-order valence-electron chi connectivity index (χ4n) is 1.86. The Morgan fingerprint density at radius 1 is 1.73 bits per heavy atom. The van der Waals surface area contributed by atoms with Crippen LogP contribution in [0.3, 0.4) is 0 Å². The number of hydrogen-bond donors (Lipinski definition) is 1. The zero-order valence-electron chi connectivity index (χ0n) is 8.70. The summed E-state index contributed by atoms with van der Waals surface area (Å²) in [4.78, 5) is 10.3. The van der Waals surface area contributed by atoms with Gasteiger partial charge in [0, 0.05) is 11.8 Å². The Hall–Kier alpha value is -1.32. The predicted molar refractivity (Wildman–Crippen MR) is 54.3 cm³/mol. The quantitative estimate of drug-likeness (QED) is 0.730. The van der Waals surface area contributed by atoms with Crippen molar-refractivity contribution in [3.63, 3.8) is 0 Å². The van der Waals surface area contributed by atoms with Crippen molar-refractivity contribution < 1.29 is 19.0 Å². The van der Waals surface area contributed by atoms with E-state index in [1.807, 2.05) is 13.0 Å². The lowest BCUT2D eigenvalue weighted by atomic mass is 9.78. The SMILES string of the molecule is CCCC1(COC(=O)O)C=CC=C(F)C1. The van der Waals surface area contributed by atoms with Gasteiger partial charge in [-0.15, -0.1) is 0 Å². The molecule has 4 heteroatoms. The molecular weight excluding hydrogens is 199 g/mol. The first-order valence-corrected chi connectivity index (χ1v) is 4.97. The molecule has 0 aromatic carbocycles. The van der Waals surface area contributed by atoms with Crippen molar-refractivity contribution in [3.05, 3.63) is 24.1 Å². The summed E-state index contributed by atoms with van der Waals surface area (Å²) in [6.45, 7) is 2.00. The van der Waals surface area contributed by atoms with Gasteiger partial charge in [-0.05, 0) is 12.5 Å². The Morgan fingerprint density at radius 2 is 2.47 bits per heavy atom. The molecule has 0 aliphatic heterocycles. The van der Waals surface area contributed by atoms with Gasteiger partial charge in [0.25, 0.3) is 0 Å². The number of carbonyl (C=O) groups is 1. The summed E-state index contributed by atoms with van der Waals surface area (Å²) in [5.74, 6) is -0.222. The molecule has 1 unspecified atom stereocenters. The highest BCUT2D eigenvalue weighted by Crippen LogP contribution is 2.36. The van der Waals surface area contributed by atoms with Crippen molar-refractivity contribution in [1.29, 1.82) is 0 Å². The smallest absolute Gasteiger partial charge is 0.450 e. The van der Waals surface area contributed by atoms with E-state index in [2.05, 4.69) is 4.74 Å². The van der Waals surface area contributed by atoms with Gasteiger partial charge in [-0.2, -0.15) is 0 Å². The van der Waals surface area contributed by atoms with Gasteiger partial charge in [0.05, 0.1) is 0 Å². The highest BCUT2D eigenvalue weighted by atomic mass is 19.1. The largest absolute Gasteiger partial charge is 0.505 e. The first-order valence-electron chi connectivity index (χ1n) is 4.97. The molecule has 1 atom stereocenters. The molecular formula is C11H15FO3. The van der Waals surface area contributed by atoms with Gasteiger partial charge in [-0.25, -0.2) is 9.18 Å². The lowest BCUT2D eigenvalue weighted by molar-refractivity contribution is 0.0553. The summed E-state index contributed by atoms with van der Waals surface area (Å²) in [5, 5.41) is 8.44. The van der Waals surface area contributed by atoms with E-state index in [9.17, 15) is 9.18 Å². The Morgan fingerprint density at radius 3 is 3.00 bits per heavy atom. The van der Waals surface area contributed by atoms with Crippen LogP contribution in [0.15, 0.2) is 24.1 Å². The van der Waals surface area contributed by atoms with Crippen LogP contribution in [0.25, 0.3) is 0 Å². The standard InChI is InChI=1S/C11H15FO3/c1-2-5-11(8-15-10(13)14)6-3-4-9(12)7-11/h3-4,6H,2,5,7-8H2,1H3,(H,13,14). The average molecular weight is 214 g/mol. The molecule has 0 saturated heterocycles. The van der Waals surface area contributed by atoms with Gasteiger partial charge in [0.15, 0.2) is 0 Å². The summed E-state index contributed by atoms with van der Waals surface area (Å²) in [6.07, 6.45) is 5.36. The molecule has 1 aliphatic carbocycles. The average Bonchev–Trinajstić information content (AvgIpc) is 2.15. The van der Waals surface area contributed by atoms with Gasteiger partial charge in [-0.3, -0.25) is 0 Å². The van der Waals surface area contributed by atoms with Crippen molar-refractivity contribution >= 4 is 6.16 Å². The Bertz CT molecular complexity index is 296. The first-order chi connectivity index (χ1) is 7.08. The molecule has 0 heterocycles. The summed E-state index contributed by atoms with van der Waals surface area (Å²) < 4.78 is 17.7. The molecule has 0 bridgehead atoms. The maximum Gasteiger partial charge on any atom is 0.505 e. The fraction of sp³-hybridized carbons (Fsp3) is 0.545. The van der Waals surface area contributed by atoms with Gasteiger partial charge >= 0.3 is 6.16 Å². The second kappa shape index (κ2) is 4.96. The Balaban J connectivity index is 2.67. The van der Waals surface area contributed by atoms with E-state index in [0.29, 0.717) is 0 Å². The normalized spacial score (nSPS) is 24.8. The van der Waals surface area contributed by atoms with Gasteiger partial charge in [-0.1, -0.05) is 25.5 Å². The molecule has 0 radical (unpaired) electrons. The van der Waals surface area contributed by atoms with Gasteiger partial charge in [0.1, 0.15) is 12.4 Å². The van der Waals surface area contributed by atoms with Crippen LogP contribution in [0.1, 0.15) is 26.2 Å². The van der Waals surface area contributed by atoms with E-state index in [1.54, 1.807) is 6.08 Å². The molecule has 0 amide bonds. The summed E-state index contributed by atoms with van der Waals surface area (Å²) in [7, 11) is 0. The van der Waals surface area contributed by atoms with Crippen LogP contribution in [0.4, 0.5) is 9.18 Å². The minimum atomic E-state index is -1.31. The van der Waals surface area contributed by atoms with Crippen molar-refractivity contribution in [2.45, 2.75) is 26.2 Å². The topological polar surface area (TPSA) is 46.5 Å². The maximum absolute atomic E-state index is 13.1. The van der Waals surface area contributed by atoms with Gasteiger partial charge in [0.2, 0.25) is 0 Å². The van der Waals surface area contributed by atoms with Crippen molar-refractivity contribution in [1.82, 2.24) is 0 Å². The fourth-order valence-corrected chi connectivity index (χ4v) is 1.86. The van der Waals surface area contributed by atoms with E-state index in [4.69, 9.17) is 5.11 Å².